The molecule has 1 aliphatic heterocycles. The molecule has 2 aliphatic rings. The summed E-state index contributed by atoms with van der Waals surface area (Å²) in [5, 5.41) is 14.9. The minimum atomic E-state index is -0.423. The van der Waals surface area contributed by atoms with Crippen LogP contribution in [0.3, 0.4) is 0 Å². The van der Waals surface area contributed by atoms with E-state index in [1.165, 1.54) is 36.0 Å². The largest absolute Gasteiger partial charge is 0.389 e. The highest BCUT2D eigenvalue weighted by Crippen LogP contribution is 2.34. The van der Waals surface area contributed by atoms with Crippen LogP contribution in [-0.4, -0.2) is 35.8 Å². The summed E-state index contributed by atoms with van der Waals surface area (Å²) in [6, 6.07) is 11.3. The number of aliphatic hydroxyl groups excluding tert-OH is 1. The Hall–Kier alpha value is -1.20. The smallest absolute Gasteiger partial charge is 0.0900 e. The van der Waals surface area contributed by atoms with E-state index in [4.69, 9.17) is 4.74 Å². The highest BCUT2D eigenvalue weighted by atomic mass is 32.1. The highest BCUT2D eigenvalue weighted by molar-refractivity contribution is 7.07. The van der Waals surface area contributed by atoms with Gasteiger partial charge in [-0.1, -0.05) is 24.3 Å². The number of fused-ring (bicyclic) bond motifs is 1. The fraction of sp³-hybridized carbons (Fsp3) is 0.524. The van der Waals surface area contributed by atoms with Crippen LogP contribution in [0.2, 0.25) is 0 Å². The van der Waals surface area contributed by atoms with E-state index >= 15 is 0 Å². The van der Waals surface area contributed by atoms with Crippen LogP contribution < -0.4 is 0 Å². The average molecular weight is 358 g/mol. The molecular weight excluding hydrogens is 330 g/mol. The molecule has 1 N–H and O–H groups in total. The number of benzene rings is 1. The van der Waals surface area contributed by atoms with Gasteiger partial charge in [-0.25, -0.2) is 0 Å². The van der Waals surface area contributed by atoms with Gasteiger partial charge in [-0.05, 0) is 72.2 Å². The zero-order valence-electron chi connectivity index (χ0n) is 14.6. The van der Waals surface area contributed by atoms with E-state index in [2.05, 4.69) is 46.0 Å². The third-order valence-corrected chi connectivity index (χ3v) is 6.24. The number of hydrogen-bond acceptors (Lipinski definition) is 4. The van der Waals surface area contributed by atoms with Crippen molar-refractivity contribution in [3.8, 4) is 0 Å². The second kappa shape index (κ2) is 8.00. The zero-order chi connectivity index (χ0) is 17.1. The Kier molecular flexibility index (Phi) is 5.51. The van der Waals surface area contributed by atoms with E-state index in [1.807, 2.05) is 0 Å². The molecule has 4 rings (SSSR count). The molecule has 1 fully saturated rings. The van der Waals surface area contributed by atoms with Crippen molar-refractivity contribution in [1.29, 1.82) is 0 Å². The van der Waals surface area contributed by atoms with Crippen molar-refractivity contribution in [2.75, 3.05) is 19.7 Å². The van der Waals surface area contributed by atoms with Crippen molar-refractivity contribution in [1.82, 2.24) is 4.90 Å². The van der Waals surface area contributed by atoms with Gasteiger partial charge in [-0.3, -0.25) is 4.90 Å². The van der Waals surface area contributed by atoms with Crippen molar-refractivity contribution in [2.24, 2.45) is 0 Å². The Morgan fingerprint density at radius 2 is 2.12 bits per heavy atom. The molecular formula is C21H27NO2S. The third kappa shape index (κ3) is 3.98. The van der Waals surface area contributed by atoms with Crippen LogP contribution >= 0.6 is 11.3 Å². The van der Waals surface area contributed by atoms with Crippen molar-refractivity contribution in [2.45, 2.75) is 50.4 Å². The van der Waals surface area contributed by atoms with Gasteiger partial charge in [0, 0.05) is 12.6 Å². The number of likely N-dealkylation sites (tertiary alicyclic amines) is 1. The van der Waals surface area contributed by atoms with Gasteiger partial charge in [0.05, 0.1) is 18.8 Å². The quantitative estimate of drug-likeness (QED) is 0.835. The minimum Gasteiger partial charge on any atom is -0.389 e. The maximum absolute atomic E-state index is 10.5. The molecule has 1 aliphatic carbocycles. The van der Waals surface area contributed by atoms with Crippen molar-refractivity contribution in [3.63, 3.8) is 0 Å². The topological polar surface area (TPSA) is 32.7 Å². The first kappa shape index (κ1) is 17.2. The fourth-order valence-electron chi connectivity index (χ4n) is 4.32. The van der Waals surface area contributed by atoms with E-state index < -0.39 is 6.10 Å². The van der Waals surface area contributed by atoms with Gasteiger partial charge in [-0.15, -0.1) is 0 Å². The normalized spacial score (nSPS) is 25.0. The summed E-state index contributed by atoms with van der Waals surface area (Å²) in [7, 11) is 0. The van der Waals surface area contributed by atoms with E-state index in [-0.39, 0.29) is 6.10 Å². The zero-order valence-corrected chi connectivity index (χ0v) is 15.5. The maximum Gasteiger partial charge on any atom is 0.0900 e. The second-order valence-electron chi connectivity index (χ2n) is 7.28. The molecule has 1 aromatic heterocycles. The molecule has 4 heteroatoms. The molecule has 2 aromatic rings. The van der Waals surface area contributed by atoms with Gasteiger partial charge in [0.25, 0.3) is 0 Å². The van der Waals surface area contributed by atoms with E-state index in [0.717, 1.165) is 19.4 Å². The van der Waals surface area contributed by atoms with Gasteiger partial charge in [0.2, 0.25) is 0 Å². The molecule has 0 saturated carbocycles. The number of thiophene rings is 1. The number of ether oxygens (including phenoxy) is 1. The minimum absolute atomic E-state index is 0.144. The lowest BCUT2D eigenvalue weighted by Gasteiger charge is -2.29. The van der Waals surface area contributed by atoms with E-state index in [1.54, 1.807) is 11.3 Å². The van der Waals surface area contributed by atoms with Crippen molar-refractivity contribution in [3.05, 3.63) is 57.8 Å². The van der Waals surface area contributed by atoms with Crippen LogP contribution in [0.15, 0.2) is 41.1 Å². The van der Waals surface area contributed by atoms with Crippen molar-refractivity contribution < 1.29 is 9.84 Å². The van der Waals surface area contributed by atoms with Crippen molar-refractivity contribution >= 4 is 11.3 Å². The Bertz CT molecular complexity index is 672. The summed E-state index contributed by atoms with van der Waals surface area (Å²) >= 11 is 1.76. The van der Waals surface area contributed by atoms with Crippen LogP contribution in [0.25, 0.3) is 0 Å². The summed E-state index contributed by atoms with van der Waals surface area (Å²) in [6.45, 7) is 2.20. The summed E-state index contributed by atoms with van der Waals surface area (Å²) in [6.07, 6.45) is 5.51. The average Bonchev–Trinajstić information content (AvgIpc) is 3.31. The number of β-amino-alcohol motifs (C(OH)–C–C–N with tert-alkyl or cyclic N) is 1. The molecule has 25 heavy (non-hydrogen) atoms. The first-order valence-electron chi connectivity index (χ1n) is 9.45. The molecule has 3 nitrogen and oxygen atoms in total. The van der Waals surface area contributed by atoms with Gasteiger partial charge >= 0.3 is 0 Å². The lowest BCUT2D eigenvalue weighted by atomic mass is 9.89. The predicted molar refractivity (Wildman–Crippen MR) is 102 cm³/mol. The number of hydrogen-bond donors (Lipinski definition) is 1. The van der Waals surface area contributed by atoms with E-state index in [9.17, 15) is 5.11 Å². The first-order chi connectivity index (χ1) is 12.3. The maximum atomic E-state index is 10.5. The van der Waals surface area contributed by atoms with Gasteiger partial charge in [0.1, 0.15) is 0 Å². The summed E-state index contributed by atoms with van der Waals surface area (Å²) in [5.41, 5.74) is 4.13. The molecule has 0 amide bonds. The number of aryl methyl sites for hydroxylation is 1. The van der Waals surface area contributed by atoms with Crippen LogP contribution in [0.4, 0.5) is 0 Å². The SMILES string of the molecule is O[C@H](CO[C@@H]1CCCc2ccccc21)CN1CCC[C@@H]1c1ccsc1. The Labute approximate surface area is 154 Å². The van der Waals surface area contributed by atoms with E-state index in [0.29, 0.717) is 19.2 Å². The van der Waals surface area contributed by atoms with Crippen LogP contribution in [0, 0.1) is 0 Å². The van der Waals surface area contributed by atoms with Gasteiger partial charge in [0.15, 0.2) is 0 Å². The lowest BCUT2D eigenvalue weighted by Crippen LogP contribution is -2.35. The highest BCUT2D eigenvalue weighted by Gasteiger charge is 2.28. The molecule has 134 valence electrons. The molecule has 0 unspecified atom stereocenters. The molecule has 0 spiro atoms. The second-order valence-corrected chi connectivity index (χ2v) is 8.06. The Morgan fingerprint density at radius 1 is 1.20 bits per heavy atom. The first-order valence-corrected chi connectivity index (χ1v) is 10.4. The van der Waals surface area contributed by atoms with Crippen LogP contribution in [0.5, 0.6) is 0 Å². The molecule has 1 saturated heterocycles. The lowest BCUT2D eigenvalue weighted by molar-refractivity contribution is -0.0294. The summed E-state index contributed by atoms with van der Waals surface area (Å²) in [5.74, 6) is 0. The predicted octanol–water partition coefficient (Wildman–Crippen LogP) is 4.34. The molecule has 2 heterocycles. The Balaban J connectivity index is 1.32. The van der Waals surface area contributed by atoms with Crippen LogP contribution in [0.1, 0.15) is 54.5 Å². The standard InChI is InChI=1S/C21H27NO2S/c23-18(13-22-11-4-8-20(22)17-10-12-25-15-17)14-24-21-9-3-6-16-5-1-2-7-19(16)21/h1-2,5,7,10,12,15,18,20-21,23H,3-4,6,8-9,11,13-14H2/t18-,20+,21+/m0/s1. The number of rotatable bonds is 6. The fourth-order valence-corrected chi connectivity index (χ4v) is 5.03. The molecule has 3 atom stereocenters. The van der Waals surface area contributed by atoms with Crippen LogP contribution in [-0.2, 0) is 11.2 Å². The Morgan fingerprint density at radius 3 is 3.00 bits per heavy atom. The summed E-state index contributed by atoms with van der Waals surface area (Å²) < 4.78 is 6.13. The molecule has 1 aromatic carbocycles. The monoisotopic (exact) mass is 357 g/mol. The molecule has 0 radical (unpaired) electrons. The number of aliphatic hydroxyl groups is 1. The third-order valence-electron chi connectivity index (χ3n) is 5.54. The van der Waals surface area contributed by atoms with Gasteiger partial charge < -0.3 is 9.84 Å². The summed E-state index contributed by atoms with van der Waals surface area (Å²) in [4.78, 5) is 2.42. The molecule has 0 bridgehead atoms. The van der Waals surface area contributed by atoms with Gasteiger partial charge in [-0.2, -0.15) is 11.3 Å². The number of nitrogens with zero attached hydrogens (tertiary/aromatic N) is 1.